The summed E-state index contributed by atoms with van der Waals surface area (Å²) in [5.74, 6) is 1.22. The van der Waals surface area contributed by atoms with E-state index >= 15 is 0 Å². The van der Waals surface area contributed by atoms with Gasteiger partial charge in [-0.15, -0.1) is 0 Å². The molecule has 0 saturated heterocycles. The first-order valence-electron chi connectivity index (χ1n) is 24.1. The zero-order valence-electron chi connectivity index (χ0n) is 38.5. The van der Waals surface area contributed by atoms with Gasteiger partial charge >= 0.3 is 0 Å². The quantitative estimate of drug-likeness (QED) is 0.152. The fourth-order valence-corrected chi connectivity index (χ4v) is 11.0. The molecule has 0 atom stereocenters. The lowest BCUT2D eigenvalue weighted by molar-refractivity contribution is 0.619. The molecule has 11 aromatic carbocycles. The van der Waals surface area contributed by atoms with Gasteiger partial charge in [0.15, 0.2) is 11.2 Å². The van der Waals surface area contributed by atoms with Crippen LogP contribution < -0.4 is 0 Å². The Morgan fingerprint density at radius 3 is 1.32 bits per heavy atom. The Morgan fingerprint density at radius 2 is 0.746 bits per heavy atom. The van der Waals surface area contributed by atoms with E-state index in [1.807, 2.05) is 48.5 Å². The van der Waals surface area contributed by atoms with Gasteiger partial charge in [-0.3, -0.25) is 0 Å². The summed E-state index contributed by atoms with van der Waals surface area (Å²) in [5, 5.41) is 2.51. The fraction of sp³-hybridized carbons (Fsp3) is 0.0149. The highest BCUT2D eigenvalue weighted by molar-refractivity contribution is 6.04. The Kier molecular flexibility index (Phi) is 9.39. The summed E-state index contributed by atoms with van der Waals surface area (Å²) in [6.07, 6.45) is 0. The monoisotopic (exact) mass is 906 g/mol. The second kappa shape index (κ2) is 16.4. The van der Waals surface area contributed by atoms with E-state index in [0.29, 0.717) is 11.8 Å². The number of hydrogen-bond acceptors (Lipinski definition) is 4. The summed E-state index contributed by atoms with van der Waals surface area (Å²) in [4.78, 5) is 9.54. The molecule has 0 fully saturated rings. The van der Waals surface area contributed by atoms with E-state index < -0.39 is 5.41 Å². The van der Waals surface area contributed by atoms with Crippen molar-refractivity contribution in [1.82, 2.24) is 9.97 Å². The summed E-state index contributed by atoms with van der Waals surface area (Å²) in [6.45, 7) is 0. The van der Waals surface area contributed by atoms with Crippen LogP contribution in [0.1, 0.15) is 22.3 Å². The van der Waals surface area contributed by atoms with Gasteiger partial charge in [0.05, 0.1) is 5.41 Å². The standard InChI is InChI=1S/C67H42N2O2/c1-3-17-54(18-4-1)67(55-19-5-2-6-20-55)58-37-35-45-14-7-8-21-56(45)64(58)57-36-34-50(42-59(57)67)48-15-13-16-49(38-48)53-40-51(43-26-30-46(31-27-43)65-68-60-22-9-11-24-62(60)70-65)39-52(41-53)44-28-32-47(33-29-44)66-69-61-23-10-12-25-63(61)71-66/h1-42H. The number of benzene rings is 11. The molecule has 0 N–H and O–H groups in total. The van der Waals surface area contributed by atoms with Crippen molar-refractivity contribution in [3.8, 4) is 78.5 Å². The number of hydrogen-bond donors (Lipinski definition) is 0. The molecule has 0 radical (unpaired) electrons. The molecule has 0 aliphatic heterocycles. The van der Waals surface area contributed by atoms with Crippen LogP contribution in [0.2, 0.25) is 0 Å². The molecule has 332 valence electrons. The summed E-state index contributed by atoms with van der Waals surface area (Å²) >= 11 is 0. The normalized spacial score (nSPS) is 12.6. The minimum Gasteiger partial charge on any atom is -0.436 e. The molecule has 0 amide bonds. The number of fused-ring (bicyclic) bond motifs is 7. The summed E-state index contributed by atoms with van der Waals surface area (Å²) in [5.41, 5.74) is 21.2. The van der Waals surface area contributed by atoms with Gasteiger partial charge in [0.1, 0.15) is 11.0 Å². The van der Waals surface area contributed by atoms with E-state index in [0.717, 1.165) is 72.3 Å². The van der Waals surface area contributed by atoms with Crippen molar-refractivity contribution in [2.75, 3.05) is 0 Å². The second-order valence-electron chi connectivity index (χ2n) is 18.5. The number of nitrogens with zero attached hydrogens (tertiary/aromatic N) is 2. The Labute approximate surface area is 410 Å². The van der Waals surface area contributed by atoms with Gasteiger partial charge in [0.2, 0.25) is 11.8 Å². The van der Waals surface area contributed by atoms with Gasteiger partial charge in [-0.2, -0.15) is 0 Å². The Bertz CT molecular complexity index is 3910. The van der Waals surface area contributed by atoms with Crippen molar-refractivity contribution < 1.29 is 8.83 Å². The van der Waals surface area contributed by atoms with Crippen LogP contribution >= 0.6 is 0 Å². The molecule has 14 rings (SSSR count). The lowest BCUT2D eigenvalue weighted by Gasteiger charge is -2.34. The third kappa shape index (κ3) is 6.75. The minimum atomic E-state index is -0.528. The maximum absolute atomic E-state index is 6.15. The van der Waals surface area contributed by atoms with Crippen molar-refractivity contribution in [2.45, 2.75) is 5.41 Å². The molecular formula is C67H42N2O2. The van der Waals surface area contributed by atoms with Crippen molar-refractivity contribution in [2.24, 2.45) is 0 Å². The van der Waals surface area contributed by atoms with E-state index in [2.05, 4.69) is 206 Å². The van der Waals surface area contributed by atoms with Crippen LogP contribution in [0.15, 0.2) is 264 Å². The molecule has 0 spiro atoms. The lowest BCUT2D eigenvalue weighted by atomic mass is 9.67. The molecule has 2 heterocycles. The molecule has 1 aliphatic rings. The lowest BCUT2D eigenvalue weighted by Crippen LogP contribution is -2.28. The molecule has 4 heteroatoms. The van der Waals surface area contributed by atoms with Gasteiger partial charge in [-0.05, 0) is 168 Å². The van der Waals surface area contributed by atoms with E-state index in [-0.39, 0.29) is 0 Å². The average molecular weight is 907 g/mol. The van der Waals surface area contributed by atoms with E-state index in [9.17, 15) is 0 Å². The molecule has 71 heavy (non-hydrogen) atoms. The van der Waals surface area contributed by atoms with Crippen LogP contribution in [-0.2, 0) is 5.41 Å². The van der Waals surface area contributed by atoms with Crippen molar-refractivity contribution in [1.29, 1.82) is 0 Å². The first-order valence-corrected chi connectivity index (χ1v) is 24.1. The summed E-state index contributed by atoms with van der Waals surface area (Å²) in [7, 11) is 0. The zero-order valence-corrected chi connectivity index (χ0v) is 38.5. The van der Waals surface area contributed by atoms with Gasteiger partial charge in [-0.25, -0.2) is 9.97 Å². The maximum atomic E-state index is 6.15. The largest absolute Gasteiger partial charge is 0.436 e. The third-order valence-corrected chi connectivity index (χ3v) is 14.4. The molecule has 4 nitrogen and oxygen atoms in total. The highest BCUT2D eigenvalue weighted by Gasteiger charge is 2.46. The van der Waals surface area contributed by atoms with Gasteiger partial charge in [-0.1, -0.05) is 176 Å². The zero-order chi connectivity index (χ0) is 46.9. The number of aromatic nitrogens is 2. The average Bonchev–Trinajstić information content (AvgIpc) is 4.18. The molecule has 2 aromatic heterocycles. The van der Waals surface area contributed by atoms with Crippen LogP contribution in [0, 0.1) is 0 Å². The van der Waals surface area contributed by atoms with Crippen LogP contribution in [0.25, 0.3) is 112 Å². The highest BCUT2D eigenvalue weighted by atomic mass is 16.4. The fourth-order valence-electron chi connectivity index (χ4n) is 11.0. The smallest absolute Gasteiger partial charge is 0.227 e. The Balaban J connectivity index is 0.901. The molecule has 0 unspecified atom stereocenters. The number of rotatable bonds is 8. The number of oxazole rings is 2. The molecular weight excluding hydrogens is 865 g/mol. The van der Waals surface area contributed by atoms with Crippen LogP contribution in [0.3, 0.4) is 0 Å². The third-order valence-electron chi connectivity index (χ3n) is 14.4. The first-order chi connectivity index (χ1) is 35.1. The van der Waals surface area contributed by atoms with Gasteiger partial charge in [0, 0.05) is 11.1 Å². The first kappa shape index (κ1) is 40.7. The van der Waals surface area contributed by atoms with E-state index in [1.54, 1.807) is 0 Å². The topological polar surface area (TPSA) is 52.1 Å². The SMILES string of the molecule is c1ccc(C2(c3ccccc3)c3cc(-c4cccc(-c5cc(-c6ccc(-c7nc8ccccc8o7)cc6)cc(-c6ccc(-c7nc8ccccc8o7)cc6)c5)c4)ccc3-c3c2ccc2ccccc32)cc1. The highest BCUT2D eigenvalue weighted by Crippen LogP contribution is 2.58. The van der Waals surface area contributed by atoms with Crippen LogP contribution in [-0.4, -0.2) is 9.97 Å². The maximum Gasteiger partial charge on any atom is 0.227 e. The number of para-hydroxylation sites is 4. The summed E-state index contributed by atoms with van der Waals surface area (Å²) in [6, 6.07) is 91.5. The minimum absolute atomic E-state index is 0.528. The predicted octanol–water partition coefficient (Wildman–Crippen LogP) is 17.5. The van der Waals surface area contributed by atoms with E-state index in [4.69, 9.17) is 18.8 Å². The van der Waals surface area contributed by atoms with Crippen LogP contribution in [0.4, 0.5) is 0 Å². The molecule has 0 bridgehead atoms. The summed E-state index contributed by atoms with van der Waals surface area (Å²) < 4.78 is 12.3. The van der Waals surface area contributed by atoms with Crippen molar-refractivity contribution >= 4 is 33.0 Å². The van der Waals surface area contributed by atoms with Crippen molar-refractivity contribution in [3.05, 3.63) is 277 Å². The van der Waals surface area contributed by atoms with Gasteiger partial charge in [0.25, 0.3) is 0 Å². The Morgan fingerprint density at radius 1 is 0.296 bits per heavy atom. The molecule has 0 saturated carbocycles. The van der Waals surface area contributed by atoms with E-state index in [1.165, 1.54) is 49.7 Å². The van der Waals surface area contributed by atoms with Crippen LogP contribution in [0.5, 0.6) is 0 Å². The predicted molar refractivity (Wildman–Crippen MR) is 289 cm³/mol. The van der Waals surface area contributed by atoms with Gasteiger partial charge < -0.3 is 8.83 Å². The molecule has 13 aromatic rings. The van der Waals surface area contributed by atoms with Crippen molar-refractivity contribution in [3.63, 3.8) is 0 Å². The Hall–Kier alpha value is -9.38. The molecule has 1 aliphatic carbocycles. The second-order valence-corrected chi connectivity index (χ2v) is 18.5.